The summed E-state index contributed by atoms with van der Waals surface area (Å²) in [6.45, 7) is 20.2. The van der Waals surface area contributed by atoms with Crippen molar-refractivity contribution in [2.45, 2.75) is 80.1 Å². The van der Waals surface area contributed by atoms with Crippen molar-refractivity contribution in [2.24, 2.45) is 5.41 Å². The first-order chi connectivity index (χ1) is 23.7. The molecular formula is C39H66N2O8. The Morgan fingerprint density at radius 3 is 1.88 bits per heavy atom. The minimum atomic E-state index is -0.105. The molecule has 1 aliphatic carbocycles. The fourth-order valence-corrected chi connectivity index (χ4v) is 5.11. The zero-order chi connectivity index (χ0) is 36.0. The number of allylic oxidation sites excluding steroid dienone is 9. The van der Waals surface area contributed by atoms with Crippen LogP contribution in [0.15, 0.2) is 58.7 Å². The van der Waals surface area contributed by atoms with E-state index in [1.165, 1.54) is 36.0 Å². The lowest BCUT2D eigenvalue weighted by Gasteiger charge is -2.32. The van der Waals surface area contributed by atoms with Crippen molar-refractivity contribution in [3.8, 4) is 0 Å². The molecule has 1 aliphatic rings. The molecular weight excluding hydrogens is 624 g/mol. The average Bonchev–Trinajstić information content (AvgIpc) is 3.05. The maximum Gasteiger partial charge on any atom is 0.244 e. The quantitative estimate of drug-likeness (QED) is 0.0555. The lowest BCUT2D eigenvalue weighted by atomic mass is 9.72. The standard InChI is InChI=1S/C39H66N2O8/c1-7-44-24-25-48-31-28-47-23-17-37(42)40-19-10-21-45-26-29-49-30-27-46-22-11-20-41-38(43)32-34(3)13-8-12-33(2)15-16-36-35(4)14-9-18-39(36,5)6/h8,12-13,15-16,32H,7,9-11,14,17-31H2,1-6H3,(H,40,42)(H,41,43). The molecule has 49 heavy (non-hydrogen) atoms. The number of rotatable bonds is 29. The van der Waals surface area contributed by atoms with Gasteiger partial charge in [0.25, 0.3) is 0 Å². The van der Waals surface area contributed by atoms with E-state index >= 15 is 0 Å². The summed E-state index contributed by atoms with van der Waals surface area (Å²) in [6, 6.07) is 0. The molecule has 0 bridgehead atoms. The zero-order valence-electron chi connectivity index (χ0n) is 31.4. The van der Waals surface area contributed by atoms with E-state index in [2.05, 4.69) is 56.6 Å². The van der Waals surface area contributed by atoms with Crippen molar-refractivity contribution < 1.29 is 38.0 Å². The molecule has 10 nitrogen and oxygen atoms in total. The summed E-state index contributed by atoms with van der Waals surface area (Å²) in [5, 5.41) is 5.76. The summed E-state index contributed by atoms with van der Waals surface area (Å²) in [4.78, 5) is 24.0. The molecule has 280 valence electrons. The summed E-state index contributed by atoms with van der Waals surface area (Å²) in [7, 11) is 0. The second kappa shape index (κ2) is 29.2. The molecule has 0 saturated carbocycles. The van der Waals surface area contributed by atoms with Crippen molar-refractivity contribution in [3.63, 3.8) is 0 Å². The van der Waals surface area contributed by atoms with Gasteiger partial charge in [0.05, 0.1) is 59.5 Å². The summed E-state index contributed by atoms with van der Waals surface area (Å²) in [5.41, 5.74) is 5.26. The van der Waals surface area contributed by atoms with Crippen LogP contribution in [0.25, 0.3) is 0 Å². The summed E-state index contributed by atoms with van der Waals surface area (Å²) < 4.78 is 32.6. The van der Waals surface area contributed by atoms with Crippen LogP contribution in [-0.2, 0) is 38.0 Å². The highest BCUT2D eigenvalue weighted by Gasteiger charge is 2.26. The van der Waals surface area contributed by atoms with E-state index in [0.29, 0.717) is 98.8 Å². The molecule has 0 radical (unpaired) electrons. The number of amides is 2. The lowest BCUT2D eigenvalue weighted by molar-refractivity contribution is -0.122. The largest absolute Gasteiger partial charge is 0.379 e. The molecule has 0 saturated heterocycles. The Bertz CT molecular complexity index is 1060. The smallest absolute Gasteiger partial charge is 0.244 e. The summed E-state index contributed by atoms with van der Waals surface area (Å²) >= 11 is 0. The first-order valence-electron chi connectivity index (χ1n) is 18.1. The molecule has 0 atom stereocenters. The third-order valence-corrected chi connectivity index (χ3v) is 7.85. The number of ether oxygens (including phenoxy) is 6. The molecule has 0 aliphatic heterocycles. The second-order valence-electron chi connectivity index (χ2n) is 12.8. The average molecular weight is 691 g/mol. The first kappa shape index (κ1) is 44.4. The van der Waals surface area contributed by atoms with E-state index in [4.69, 9.17) is 28.4 Å². The van der Waals surface area contributed by atoms with E-state index in [1.807, 2.05) is 26.0 Å². The fraction of sp³-hybridized carbons (Fsp3) is 0.692. The van der Waals surface area contributed by atoms with E-state index in [1.54, 1.807) is 6.08 Å². The van der Waals surface area contributed by atoms with E-state index in [9.17, 15) is 9.59 Å². The normalized spacial score (nSPS) is 15.5. The molecule has 0 heterocycles. The van der Waals surface area contributed by atoms with E-state index < -0.39 is 0 Å². The number of nitrogens with one attached hydrogen (secondary N) is 2. The molecule has 0 aromatic heterocycles. The Kier molecular flexibility index (Phi) is 26.4. The van der Waals surface area contributed by atoms with E-state index in [-0.39, 0.29) is 17.2 Å². The van der Waals surface area contributed by atoms with Crippen LogP contribution in [0, 0.1) is 5.41 Å². The Labute approximate surface area is 296 Å². The number of hydrogen-bond donors (Lipinski definition) is 2. The predicted octanol–water partition coefficient (Wildman–Crippen LogP) is 6.04. The predicted molar refractivity (Wildman–Crippen MR) is 197 cm³/mol. The van der Waals surface area contributed by atoms with Gasteiger partial charge in [-0.3, -0.25) is 9.59 Å². The van der Waals surface area contributed by atoms with Crippen LogP contribution in [0.1, 0.15) is 80.1 Å². The zero-order valence-corrected chi connectivity index (χ0v) is 31.4. The topological polar surface area (TPSA) is 114 Å². The van der Waals surface area contributed by atoms with Crippen LogP contribution in [-0.4, -0.2) is 104 Å². The summed E-state index contributed by atoms with van der Waals surface area (Å²) in [6.07, 6.45) is 17.6. The lowest BCUT2D eigenvalue weighted by Crippen LogP contribution is -2.26. The van der Waals surface area contributed by atoms with Gasteiger partial charge in [-0.25, -0.2) is 0 Å². The number of carbonyl (C=O) groups excluding carboxylic acids is 2. The molecule has 0 aromatic carbocycles. The molecule has 10 heteroatoms. The molecule has 0 fully saturated rings. The highest BCUT2D eigenvalue weighted by molar-refractivity contribution is 5.88. The van der Waals surface area contributed by atoms with Gasteiger partial charge in [-0.05, 0) is 76.4 Å². The van der Waals surface area contributed by atoms with Gasteiger partial charge >= 0.3 is 0 Å². The molecule has 1 rings (SSSR count). The van der Waals surface area contributed by atoms with Crippen LogP contribution in [0.3, 0.4) is 0 Å². The minimum Gasteiger partial charge on any atom is -0.379 e. The Morgan fingerprint density at radius 2 is 1.29 bits per heavy atom. The Hall–Kier alpha value is -2.60. The van der Waals surface area contributed by atoms with Crippen LogP contribution in [0.2, 0.25) is 0 Å². The van der Waals surface area contributed by atoms with Crippen LogP contribution in [0.5, 0.6) is 0 Å². The number of carbonyl (C=O) groups is 2. The highest BCUT2D eigenvalue weighted by Crippen LogP contribution is 2.40. The first-order valence-corrected chi connectivity index (χ1v) is 18.1. The van der Waals surface area contributed by atoms with Gasteiger partial charge in [-0.2, -0.15) is 0 Å². The Morgan fingerprint density at radius 1 is 0.735 bits per heavy atom. The third-order valence-electron chi connectivity index (χ3n) is 7.85. The second-order valence-corrected chi connectivity index (χ2v) is 12.8. The van der Waals surface area contributed by atoms with Gasteiger partial charge in [0.1, 0.15) is 0 Å². The van der Waals surface area contributed by atoms with Crippen molar-refractivity contribution in [2.75, 3.05) is 92.4 Å². The maximum atomic E-state index is 12.2. The van der Waals surface area contributed by atoms with Crippen molar-refractivity contribution in [1.82, 2.24) is 10.6 Å². The molecule has 2 amide bonds. The fourth-order valence-electron chi connectivity index (χ4n) is 5.11. The van der Waals surface area contributed by atoms with E-state index in [0.717, 1.165) is 18.4 Å². The molecule has 0 spiro atoms. The van der Waals surface area contributed by atoms with Crippen LogP contribution in [0.4, 0.5) is 0 Å². The molecule has 0 unspecified atom stereocenters. The van der Waals surface area contributed by atoms with Gasteiger partial charge in [0.15, 0.2) is 0 Å². The maximum absolute atomic E-state index is 12.2. The van der Waals surface area contributed by atoms with Gasteiger partial charge in [-0.1, -0.05) is 55.4 Å². The van der Waals surface area contributed by atoms with Gasteiger partial charge < -0.3 is 39.1 Å². The molecule has 0 aromatic rings. The molecule has 2 N–H and O–H groups in total. The monoisotopic (exact) mass is 690 g/mol. The summed E-state index contributed by atoms with van der Waals surface area (Å²) in [5.74, 6) is -0.140. The van der Waals surface area contributed by atoms with Crippen LogP contribution < -0.4 is 10.6 Å². The van der Waals surface area contributed by atoms with Gasteiger partial charge in [-0.15, -0.1) is 0 Å². The minimum absolute atomic E-state index is 0.0348. The number of hydrogen-bond acceptors (Lipinski definition) is 8. The highest BCUT2D eigenvalue weighted by atomic mass is 16.5. The van der Waals surface area contributed by atoms with Crippen LogP contribution >= 0.6 is 0 Å². The Balaban J connectivity index is 1.95. The van der Waals surface area contributed by atoms with Crippen molar-refractivity contribution >= 4 is 11.8 Å². The SMILES string of the molecule is CCOCCOCCOCCC(=O)NCCCOCCOCCOCCCNC(=O)C=C(C)C=CC=C(C)C=CC1=C(C)CCCC1(C)C. The van der Waals surface area contributed by atoms with Crippen molar-refractivity contribution in [1.29, 1.82) is 0 Å². The van der Waals surface area contributed by atoms with Crippen molar-refractivity contribution in [3.05, 3.63) is 58.7 Å². The van der Waals surface area contributed by atoms with Gasteiger partial charge in [0.2, 0.25) is 11.8 Å². The third kappa shape index (κ3) is 25.1. The van der Waals surface area contributed by atoms with Gasteiger partial charge in [0, 0.05) is 45.4 Å².